The van der Waals surface area contributed by atoms with Crippen molar-refractivity contribution < 1.29 is 14.3 Å². The Morgan fingerprint density at radius 2 is 2.12 bits per heavy atom. The van der Waals surface area contributed by atoms with Crippen LogP contribution < -0.4 is 15.8 Å². The van der Waals surface area contributed by atoms with Gasteiger partial charge in [-0.3, -0.25) is 4.68 Å². The number of ether oxygens (including phenoxy) is 2. The van der Waals surface area contributed by atoms with E-state index in [2.05, 4.69) is 10.4 Å². The van der Waals surface area contributed by atoms with Crippen molar-refractivity contribution in [2.24, 2.45) is 0 Å². The van der Waals surface area contributed by atoms with Gasteiger partial charge in [0, 0.05) is 29.6 Å². The quantitative estimate of drug-likeness (QED) is 0.821. The van der Waals surface area contributed by atoms with E-state index in [1.807, 2.05) is 39.1 Å². The molecule has 0 radical (unpaired) electrons. The zero-order chi connectivity index (χ0) is 17.7. The lowest BCUT2D eigenvalue weighted by Gasteiger charge is -2.19. The van der Waals surface area contributed by atoms with Gasteiger partial charge in [0.1, 0.15) is 11.4 Å². The van der Waals surface area contributed by atoms with Gasteiger partial charge in [0.15, 0.2) is 0 Å². The highest BCUT2D eigenvalue weighted by atomic mass is 16.6. The maximum absolute atomic E-state index is 11.6. The van der Waals surface area contributed by atoms with Crippen molar-refractivity contribution >= 4 is 11.8 Å². The number of alkyl carbamates (subject to hydrolysis) is 1. The van der Waals surface area contributed by atoms with Crippen molar-refractivity contribution in [1.29, 1.82) is 0 Å². The Balaban J connectivity index is 1.97. The Bertz CT molecular complexity index is 704. The summed E-state index contributed by atoms with van der Waals surface area (Å²) >= 11 is 0. The zero-order valence-electron chi connectivity index (χ0n) is 14.5. The molecule has 7 heteroatoms. The van der Waals surface area contributed by atoms with Crippen LogP contribution in [0.4, 0.5) is 10.5 Å². The molecule has 0 bridgehead atoms. The van der Waals surface area contributed by atoms with E-state index in [4.69, 9.17) is 15.2 Å². The van der Waals surface area contributed by atoms with Crippen LogP contribution in [0.3, 0.4) is 0 Å². The van der Waals surface area contributed by atoms with Crippen LogP contribution >= 0.6 is 0 Å². The molecule has 0 unspecified atom stereocenters. The monoisotopic (exact) mass is 332 g/mol. The summed E-state index contributed by atoms with van der Waals surface area (Å²) in [5.41, 5.74) is 7.77. The first-order valence-electron chi connectivity index (χ1n) is 7.71. The van der Waals surface area contributed by atoms with Crippen molar-refractivity contribution in [3.05, 3.63) is 30.6 Å². The van der Waals surface area contributed by atoms with Gasteiger partial charge < -0.3 is 20.5 Å². The molecule has 0 fully saturated rings. The molecular formula is C17H24N4O3. The molecule has 130 valence electrons. The van der Waals surface area contributed by atoms with Crippen LogP contribution in [0.5, 0.6) is 5.75 Å². The van der Waals surface area contributed by atoms with Crippen molar-refractivity contribution in [2.75, 3.05) is 19.4 Å². The Morgan fingerprint density at radius 3 is 2.79 bits per heavy atom. The number of rotatable bonds is 5. The summed E-state index contributed by atoms with van der Waals surface area (Å²) in [6.07, 6.45) is 3.19. The molecular weight excluding hydrogens is 308 g/mol. The minimum atomic E-state index is -0.507. The first-order valence-corrected chi connectivity index (χ1v) is 7.71. The van der Waals surface area contributed by atoms with Crippen LogP contribution in [0.15, 0.2) is 30.6 Å². The van der Waals surface area contributed by atoms with Gasteiger partial charge >= 0.3 is 6.09 Å². The molecule has 1 heterocycles. The number of hydrogen-bond donors (Lipinski definition) is 2. The molecule has 2 aromatic rings. The predicted molar refractivity (Wildman–Crippen MR) is 92.9 cm³/mol. The first-order chi connectivity index (χ1) is 11.3. The number of hydrogen-bond acceptors (Lipinski definition) is 5. The van der Waals surface area contributed by atoms with E-state index in [-0.39, 0.29) is 0 Å². The maximum Gasteiger partial charge on any atom is 0.407 e. The number of nitrogen functional groups attached to an aromatic ring is 1. The average Bonchev–Trinajstić information content (AvgIpc) is 2.94. The van der Waals surface area contributed by atoms with Gasteiger partial charge in [0.2, 0.25) is 0 Å². The van der Waals surface area contributed by atoms with Gasteiger partial charge in [-0.2, -0.15) is 5.10 Å². The molecule has 0 saturated heterocycles. The maximum atomic E-state index is 11.6. The number of benzene rings is 1. The van der Waals surface area contributed by atoms with E-state index in [1.54, 1.807) is 24.1 Å². The second-order valence-corrected chi connectivity index (χ2v) is 6.38. The molecule has 0 spiro atoms. The van der Waals surface area contributed by atoms with Crippen LogP contribution in [0.25, 0.3) is 11.1 Å². The summed E-state index contributed by atoms with van der Waals surface area (Å²) in [7, 11) is 1.62. The van der Waals surface area contributed by atoms with E-state index in [0.717, 1.165) is 16.9 Å². The Hall–Kier alpha value is -2.70. The fourth-order valence-electron chi connectivity index (χ4n) is 2.16. The molecule has 1 aromatic heterocycles. The van der Waals surface area contributed by atoms with E-state index < -0.39 is 11.7 Å². The van der Waals surface area contributed by atoms with Crippen molar-refractivity contribution in [1.82, 2.24) is 15.1 Å². The molecule has 2 rings (SSSR count). The van der Waals surface area contributed by atoms with Gasteiger partial charge in [0.05, 0.1) is 19.9 Å². The molecule has 0 atom stereocenters. The number of nitrogens with zero attached hydrogens (tertiary/aromatic N) is 2. The third-order valence-corrected chi connectivity index (χ3v) is 3.18. The largest absolute Gasteiger partial charge is 0.496 e. The van der Waals surface area contributed by atoms with Crippen LogP contribution in [-0.2, 0) is 11.3 Å². The number of amides is 1. The lowest BCUT2D eigenvalue weighted by Crippen LogP contribution is -2.34. The topological polar surface area (TPSA) is 91.4 Å². The van der Waals surface area contributed by atoms with E-state index in [0.29, 0.717) is 18.8 Å². The molecule has 0 aliphatic rings. The van der Waals surface area contributed by atoms with Crippen LogP contribution in [0.2, 0.25) is 0 Å². The highest BCUT2D eigenvalue weighted by molar-refractivity contribution is 5.73. The minimum absolute atomic E-state index is 0.421. The second-order valence-electron chi connectivity index (χ2n) is 6.38. The molecule has 0 aliphatic heterocycles. The average molecular weight is 332 g/mol. The van der Waals surface area contributed by atoms with Crippen molar-refractivity contribution in [2.45, 2.75) is 32.9 Å². The predicted octanol–water partition coefficient (Wildman–Crippen LogP) is 2.67. The number of nitrogens with one attached hydrogen (secondary N) is 1. The molecule has 1 aromatic carbocycles. The number of carbonyl (C=O) groups excluding carboxylic acids is 1. The van der Waals surface area contributed by atoms with Crippen molar-refractivity contribution in [3.63, 3.8) is 0 Å². The SMILES string of the molecule is COc1ccc(N)cc1-c1cnn(CCNC(=O)OC(C)(C)C)c1. The molecule has 1 amide bonds. The number of nitrogens with two attached hydrogens (primary N) is 1. The van der Waals surface area contributed by atoms with E-state index >= 15 is 0 Å². The van der Waals surface area contributed by atoms with Gasteiger partial charge in [0.25, 0.3) is 0 Å². The van der Waals surface area contributed by atoms with Crippen LogP contribution in [-0.4, -0.2) is 35.1 Å². The Morgan fingerprint density at radius 1 is 1.38 bits per heavy atom. The Labute approximate surface area is 141 Å². The standard InChI is InChI=1S/C17H24N4O3/c1-17(2,3)24-16(22)19-7-8-21-11-12(10-20-21)14-9-13(18)5-6-15(14)23-4/h5-6,9-11H,7-8,18H2,1-4H3,(H,19,22). The molecule has 0 aliphatic carbocycles. The van der Waals surface area contributed by atoms with Crippen molar-refractivity contribution in [3.8, 4) is 16.9 Å². The van der Waals surface area contributed by atoms with Gasteiger partial charge in [-0.25, -0.2) is 4.79 Å². The van der Waals surface area contributed by atoms with E-state index in [9.17, 15) is 4.79 Å². The lowest BCUT2D eigenvalue weighted by atomic mass is 10.1. The second kappa shape index (κ2) is 7.25. The molecule has 3 N–H and O–H groups in total. The number of aromatic nitrogens is 2. The van der Waals surface area contributed by atoms with Gasteiger partial charge in [-0.1, -0.05) is 0 Å². The Kier molecular flexibility index (Phi) is 5.33. The molecule has 7 nitrogen and oxygen atoms in total. The summed E-state index contributed by atoms with van der Waals surface area (Å²) in [6, 6.07) is 5.46. The third-order valence-electron chi connectivity index (χ3n) is 3.18. The summed E-state index contributed by atoms with van der Waals surface area (Å²) in [5, 5.41) is 7.00. The summed E-state index contributed by atoms with van der Waals surface area (Å²) in [4.78, 5) is 11.6. The summed E-state index contributed by atoms with van der Waals surface area (Å²) < 4.78 is 12.3. The molecule has 0 saturated carbocycles. The normalized spacial score (nSPS) is 11.2. The highest BCUT2D eigenvalue weighted by Gasteiger charge is 2.15. The zero-order valence-corrected chi connectivity index (χ0v) is 14.5. The summed E-state index contributed by atoms with van der Waals surface area (Å²) in [6.45, 7) is 6.43. The fourth-order valence-corrected chi connectivity index (χ4v) is 2.16. The first kappa shape index (κ1) is 17.7. The smallest absolute Gasteiger partial charge is 0.407 e. The number of methoxy groups -OCH3 is 1. The summed E-state index contributed by atoms with van der Waals surface area (Å²) in [5.74, 6) is 0.732. The van der Waals surface area contributed by atoms with E-state index in [1.165, 1.54) is 0 Å². The number of anilines is 1. The molecule has 24 heavy (non-hydrogen) atoms. The third kappa shape index (κ3) is 4.91. The number of carbonyl (C=O) groups is 1. The van der Waals surface area contributed by atoms with Gasteiger partial charge in [-0.15, -0.1) is 0 Å². The highest BCUT2D eigenvalue weighted by Crippen LogP contribution is 2.31. The van der Waals surface area contributed by atoms with Crippen LogP contribution in [0, 0.1) is 0 Å². The lowest BCUT2D eigenvalue weighted by molar-refractivity contribution is 0.0525. The van der Waals surface area contributed by atoms with Gasteiger partial charge in [-0.05, 0) is 39.0 Å². The van der Waals surface area contributed by atoms with Crippen LogP contribution in [0.1, 0.15) is 20.8 Å². The fraction of sp³-hybridized carbons (Fsp3) is 0.412. The minimum Gasteiger partial charge on any atom is -0.496 e.